The van der Waals surface area contributed by atoms with Gasteiger partial charge in [0, 0.05) is 6.04 Å². The summed E-state index contributed by atoms with van der Waals surface area (Å²) in [5.41, 5.74) is 2.56. The van der Waals surface area contributed by atoms with Crippen LogP contribution in [-0.4, -0.2) is 11.5 Å². The second-order valence-corrected chi connectivity index (χ2v) is 4.17. The van der Waals surface area contributed by atoms with Crippen LogP contribution in [0.4, 0.5) is 0 Å². The summed E-state index contributed by atoms with van der Waals surface area (Å²) in [7, 11) is 0. The van der Waals surface area contributed by atoms with Crippen molar-refractivity contribution in [3.63, 3.8) is 0 Å². The van der Waals surface area contributed by atoms with Crippen LogP contribution in [0.5, 0.6) is 0 Å². The van der Waals surface area contributed by atoms with Gasteiger partial charge in [-0.2, -0.15) is 0 Å². The molecule has 2 aromatic rings. The Morgan fingerprint density at radius 1 is 1.41 bits per heavy atom. The summed E-state index contributed by atoms with van der Waals surface area (Å²) in [6, 6.07) is 6.21. The molecule has 0 spiro atoms. The number of hydrogen-bond acceptors (Lipinski definition) is 3. The maximum absolute atomic E-state index is 11.1. The van der Waals surface area contributed by atoms with E-state index in [1.54, 1.807) is 0 Å². The average Bonchev–Trinajstić information content (AvgIpc) is 2.67. The first kappa shape index (κ1) is 11.9. The van der Waals surface area contributed by atoms with Gasteiger partial charge in [0.2, 0.25) is 0 Å². The topological polar surface area (TPSA) is 58.0 Å². The predicted molar refractivity (Wildman–Crippen MR) is 68.2 cm³/mol. The minimum absolute atomic E-state index is 0.328. The van der Waals surface area contributed by atoms with Gasteiger partial charge in [-0.05, 0) is 30.7 Å². The lowest BCUT2D eigenvalue weighted by atomic mass is 10.0. The lowest BCUT2D eigenvalue weighted by molar-refractivity contribution is 0.507. The van der Waals surface area contributed by atoms with Gasteiger partial charge in [-0.1, -0.05) is 26.3 Å². The van der Waals surface area contributed by atoms with Gasteiger partial charge >= 0.3 is 5.76 Å². The zero-order valence-corrected chi connectivity index (χ0v) is 10.2. The summed E-state index contributed by atoms with van der Waals surface area (Å²) in [6.45, 7) is 5.19. The molecule has 0 radical (unpaired) electrons. The van der Waals surface area contributed by atoms with Gasteiger partial charge in [-0.25, -0.2) is 4.79 Å². The number of hydrogen-bond donors (Lipinski definition) is 2. The van der Waals surface area contributed by atoms with E-state index in [9.17, 15) is 4.79 Å². The molecule has 1 heterocycles. The average molecular weight is 234 g/mol. The van der Waals surface area contributed by atoms with E-state index in [1.165, 1.54) is 5.56 Å². The van der Waals surface area contributed by atoms with Crippen molar-refractivity contribution in [3.8, 4) is 0 Å². The predicted octanol–water partition coefficient (Wildman–Crippen LogP) is 2.57. The fourth-order valence-electron chi connectivity index (χ4n) is 2.10. The van der Waals surface area contributed by atoms with Gasteiger partial charge in [0.25, 0.3) is 0 Å². The normalized spacial score (nSPS) is 13.1. The highest BCUT2D eigenvalue weighted by atomic mass is 16.4. The second-order valence-electron chi connectivity index (χ2n) is 4.17. The highest BCUT2D eigenvalue weighted by Crippen LogP contribution is 2.22. The Hall–Kier alpha value is -1.55. The SMILES string of the molecule is CCCC(NCC)c1ccc2[nH]c(=O)oc2c1. The summed E-state index contributed by atoms with van der Waals surface area (Å²) in [6.07, 6.45) is 2.20. The van der Waals surface area contributed by atoms with Gasteiger partial charge in [0.05, 0.1) is 5.52 Å². The minimum Gasteiger partial charge on any atom is -0.408 e. The van der Waals surface area contributed by atoms with E-state index in [2.05, 4.69) is 24.1 Å². The van der Waals surface area contributed by atoms with Crippen molar-refractivity contribution in [1.29, 1.82) is 0 Å². The molecular formula is C13H18N2O2. The molecule has 1 aromatic heterocycles. The van der Waals surface area contributed by atoms with Gasteiger partial charge < -0.3 is 9.73 Å². The van der Waals surface area contributed by atoms with E-state index >= 15 is 0 Å². The molecule has 1 unspecified atom stereocenters. The Morgan fingerprint density at radius 2 is 2.24 bits per heavy atom. The summed E-state index contributed by atoms with van der Waals surface area (Å²) in [5, 5.41) is 3.44. The molecule has 1 atom stereocenters. The maximum Gasteiger partial charge on any atom is 0.417 e. The van der Waals surface area contributed by atoms with E-state index in [1.807, 2.05) is 18.2 Å². The molecule has 0 aliphatic rings. The number of aromatic nitrogens is 1. The van der Waals surface area contributed by atoms with Crippen LogP contribution in [0.15, 0.2) is 27.4 Å². The quantitative estimate of drug-likeness (QED) is 0.836. The van der Waals surface area contributed by atoms with Gasteiger partial charge in [-0.15, -0.1) is 0 Å². The van der Waals surface area contributed by atoms with Crippen molar-refractivity contribution in [3.05, 3.63) is 34.3 Å². The van der Waals surface area contributed by atoms with Crippen LogP contribution in [0, 0.1) is 0 Å². The lowest BCUT2D eigenvalue weighted by Crippen LogP contribution is -2.20. The number of rotatable bonds is 5. The first-order valence-electron chi connectivity index (χ1n) is 6.10. The van der Waals surface area contributed by atoms with Crippen LogP contribution in [0.2, 0.25) is 0 Å². The van der Waals surface area contributed by atoms with Crippen molar-refractivity contribution in [2.75, 3.05) is 6.54 Å². The van der Waals surface area contributed by atoms with E-state index in [0.29, 0.717) is 11.6 Å². The number of benzene rings is 1. The number of oxazole rings is 1. The standard InChI is InChI=1S/C13H18N2O2/c1-3-5-10(14-4-2)9-6-7-11-12(8-9)17-13(16)15-11/h6-8,10,14H,3-5H2,1-2H3,(H,15,16). The molecule has 2 rings (SSSR count). The molecular weight excluding hydrogens is 216 g/mol. The minimum atomic E-state index is -0.396. The molecule has 0 saturated heterocycles. The molecule has 0 aliphatic heterocycles. The summed E-state index contributed by atoms with van der Waals surface area (Å²) in [5.74, 6) is -0.396. The lowest BCUT2D eigenvalue weighted by Gasteiger charge is -2.17. The van der Waals surface area contributed by atoms with E-state index in [-0.39, 0.29) is 0 Å². The Bertz CT molecular complexity index is 536. The van der Waals surface area contributed by atoms with Crippen molar-refractivity contribution < 1.29 is 4.42 Å². The number of H-pyrrole nitrogens is 1. The van der Waals surface area contributed by atoms with Crippen molar-refractivity contribution in [2.45, 2.75) is 32.7 Å². The first-order chi connectivity index (χ1) is 8.24. The Labute approximate surface area is 100 Å². The van der Waals surface area contributed by atoms with E-state index < -0.39 is 5.76 Å². The third-order valence-electron chi connectivity index (χ3n) is 2.88. The monoisotopic (exact) mass is 234 g/mol. The molecule has 4 nitrogen and oxygen atoms in total. The van der Waals surface area contributed by atoms with Crippen LogP contribution in [0.25, 0.3) is 11.1 Å². The molecule has 4 heteroatoms. The Morgan fingerprint density at radius 3 is 2.94 bits per heavy atom. The van der Waals surface area contributed by atoms with Crippen LogP contribution in [0.3, 0.4) is 0 Å². The Kier molecular flexibility index (Phi) is 3.64. The molecule has 0 fully saturated rings. The van der Waals surface area contributed by atoms with Crippen LogP contribution >= 0.6 is 0 Å². The molecule has 1 aromatic carbocycles. The molecule has 0 bridgehead atoms. The fraction of sp³-hybridized carbons (Fsp3) is 0.462. The van der Waals surface area contributed by atoms with E-state index in [4.69, 9.17) is 4.42 Å². The molecule has 17 heavy (non-hydrogen) atoms. The third-order valence-corrected chi connectivity index (χ3v) is 2.88. The van der Waals surface area contributed by atoms with Crippen molar-refractivity contribution >= 4 is 11.1 Å². The smallest absolute Gasteiger partial charge is 0.408 e. The van der Waals surface area contributed by atoms with Crippen molar-refractivity contribution in [2.24, 2.45) is 0 Å². The fourth-order valence-corrected chi connectivity index (χ4v) is 2.10. The zero-order valence-electron chi connectivity index (χ0n) is 10.2. The van der Waals surface area contributed by atoms with Gasteiger partial charge in [0.1, 0.15) is 0 Å². The second kappa shape index (κ2) is 5.19. The van der Waals surface area contributed by atoms with Gasteiger partial charge in [0.15, 0.2) is 5.58 Å². The molecule has 0 saturated carbocycles. The molecule has 0 amide bonds. The van der Waals surface area contributed by atoms with E-state index in [0.717, 1.165) is 24.9 Å². The maximum atomic E-state index is 11.1. The van der Waals surface area contributed by atoms with Crippen molar-refractivity contribution in [1.82, 2.24) is 10.3 Å². The number of fused-ring (bicyclic) bond motifs is 1. The third kappa shape index (κ3) is 2.58. The largest absolute Gasteiger partial charge is 0.417 e. The number of aromatic amines is 1. The molecule has 2 N–H and O–H groups in total. The van der Waals surface area contributed by atoms with Crippen LogP contribution < -0.4 is 11.1 Å². The molecule has 0 aliphatic carbocycles. The summed E-state index contributed by atoms with van der Waals surface area (Å²) >= 11 is 0. The van der Waals surface area contributed by atoms with Crippen LogP contribution in [-0.2, 0) is 0 Å². The highest BCUT2D eigenvalue weighted by Gasteiger charge is 2.11. The summed E-state index contributed by atoms with van der Waals surface area (Å²) in [4.78, 5) is 13.7. The van der Waals surface area contributed by atoms with Crippen LogP contribution in [0.1, 0.15) is 38.3 Å². The first-order valence-corrected chi connectivity index (χ1v) is 6.10. The highest BCUT2D eigenvalue weighted by molar-refractivity contribution is 5.72. The number of nitrogens with one attached hydrogen (secondary N) is 2. The molecule has 92 valence electrons. The Balaban J connectivity index is 2.35. The zero-order chi connectivity index (χ0) is 12.3. The summed E-state index contributed by atoms with van der Waals surface area (Å²) < 4.78 is 5.08. The van der Waals surface area contributed by atoms with Gasteiger partial charge in [-0.3, -0.25) is 4.98 Å².